The van der Waals surface area contributed by atoms with Crippen molar-refractivity contribution in [1.82, 2.24) is 0 Å². The predicted octanol–water partition coefficient (Wildman–Crippen LogP) is 2.93. The molecule has 11 heteroatoms. The van der Waals surface area contributed by atoms with E-state index in [1.807, 2.05) is 20.8 Å². The van der Waals surface area contributed by atoms with Crippen LogP contribution < -0.4 is 0 Å². The van der Waals surface area contributed by atoms with E-state index >= 15 is 0 Å². The van der Waals surface area contributed by atoms with Crippen LogP contribution in [0.5, 0.6) is 0 Å². The molecule has 0 aliphatic heterocycles. The highest BCUT2D eigenvalue weighted by molar-refractivity contribution is 6.63. The minimum atomic E-state index is -3.36. The van der Waals surface area contributed by atoms with E-state index in [9.17, 15) is 9.59 Å². The maximum Gasteiger partial charge on any atom is 0.568 e. The lowest BCUT2D eigenvalue weighted by molar-refractivity contribution is -0.144. The van der Waals surface area contributed by atoms with Crippen LogP contribution in [0.2, 0.25) is 12.1 Å². The first-order valence-electron chi connectivity index (χ1n) is 10.4. The van der Waals surface area contributed by atoms with E-state index in [1.165, 1.54) is 0 Å². The molecule has 0 N–H and O–H groups in total. The SMILES string of the molecule is CCOC(=O)CC[Si](OCC)(OCC)OC(=O)CC[Si](OCC)(OCC)OCC. The van der Waals surface area contributed by atoms with Crippen LogP contribution in [0.25, 0.3) is 0 Å². The van der Waals surface area contributed by atoms with Gasteiger partial charge < -0.3 is 31.3 Å². The Morgan fingerprint density at radius 2 is 0.931 bits per heavy atom. The topological polar surface area (TPSA) is 98.8 Å². The Kier molecular flexibility index (Phi) is 15.5. The highest BCUT2D eigenvalue weighted by atomic mass is 28.4. The van der Waals surface area contributed by atoms with Gasteiger partial charge in [0.1, 0.15) is 0 Å². The second-order valence-electron chi connectivity index (χ2n) is 5.81. The van der Waals surface area contributed by atoms with Gasteiger partial charge in [0.25, 0.3) is 5.97 Å². The van der Waals surface area contributed by atoms with Crippen LogP contribution in [-0.2, 0) is 40.9 Å². The lowest BCUT2D eigenvalue weighted by Crippen LogP contribution is -2.49. The normalized spacial score (nSPS) is 12.1. The van der Waals surface area contributed by atoms with Crippen LogP contribution in [-0.4, -0.2) is 69.2 Å². The minimum Gasteiger partial charge on any atom is -0.473 e. The third-order valence-corrected chi connectivity index (χ3v) is 9.57. The van der Waals surface area contributed by atoms with Crippen molar-refractivity contribution < 1.29 is 40.9 Å². The van der Waals surface area contributed by atoms with Crippen molar-refractivity contribution in [1.29, 1.82) is 0 Å². The molecule has 9 nitrogen and oxygen atoms in total. The standard InChI is InChI=1S/C18H38O9Si2/c1-7-21-17(19)13-16-29(25-11-5,26-12-6)27-18(20)14-15-28(22-8-2,23-9-3)24-10-4/h7-16H2,1-6H3. The van der Waals surface area contributed by atoms with E-state index in [4.69, 9.17) is 31.3 Å². The smallest absolute Gasteiger partial charge is 0.473 e. The van der Waals surface area contributed by atoms with Crippen molar-refractivity contribution in [3.05, 3.63) is 0 Å². The fourth-order valence-electron chi connectivity index (χ4n) is 2.70. The molecule has 0 saturated carbocycles. The molecule has 0 heterocycles. The Morgan fingerprint density at radius 1 is 0.552 bits per heavy atom. The Bertz CT molecular complexity index is 440. The van der Waals surface area contributed by atoms with Crippen molar-refractivity contribution in [3.8, 4) is 0 Å². The lowest BCUT2D eigenvalue weighted by atomic mass is 10.5. The molecule has 0 aliphatic carbocycles. The maximum atomic E-state index is 12.6. The van der Waals surface area contributed by atoms with Gasteiger partial charge in [0.15, 0.2) is 0 Å². The van der Waals surface area contributed by atoms with Gasteiger partial charge in [-0.2, -0.15) is 0 Å². The molecule has 0 unspecified atom stereocenters. The third kappa shape index (κ3) is 11.2. The fraction of sp³-hybridized carbons (Fsp3) is 0.889. The summed E-state index contributed by atoms with van der Waals surface area (Å²) in [7, 11) is -6.32. The Balaban J connectivity index is 5.14. The average Bonchev–Trinajstić information content (AvgIpc) is 2.66. The molecule has 0 saturated heterocycles. The molecule has 0 aliphatic rings. The summed E-state index contributed by atoms with van der Waals surface area (Å²) in [4.78, 5) is 24.4. The van der Waals surface area contributed by atoms with E-state index in [2.05, 4.69) is 0 Å². The lowest BCUT2D eigenvalue weighted by Gasteiger charge is -2.30. The molecule has 0 spiro atoms. The van der Waals surface area contributed by atoms with Crippen LogP contribution in [0.15, 0.2) is 0 Å². The molecule has 0 aromatic heterocycles. The van der Waals surface area contributed by atoms with Gasteiger partial charge in [0, 0.05) is 51.5 Å². The maximum absolute atomic E-state index is 12.6. The van der Waals surface area contributed by atoms with Gasteiger partial charge in [0.05, 0.1) is 13.0 Å². The molecule has 0 atom stereocenters. The van der Waals surface area contributed by atoms with Gasteiger partial charge in [0.2, 0.25) is 0 Å². The van der Waals surface area contributed by atoms with E-state index in [1.54, 1.807) is 20.8 Å². The number of ether oxygens (including phenoxy) is 1. The van der Waals surface area contributed by atoms with Gasteiger partial charge in [-0.05, 0) is 41.5 Å². The zero-order valence-corrected chi connectivity index (χ0v) is 20.7. The molecule has 0 radical (unpaired) electrons. The Morgan fingerprint density at radius 3 is 1.34 bits per heavy atom. The highest BCUT2D eigenvalue weighted by Crippen LogP contribution is 2.23. The van der Waals surface area contributed by atoms with Crippen LogP contribution >= 0.6 is 0 Å². The molecular weight excluding hydrogens is 416 g/mol. The molecule has 0 amide bonds. The molecule has 172 valence electrons. The van der Waals surface area contributed by atoms with Gasteiger partial charge in [-0.1, -0.05) is 0 Å². The second-order valence-corrected chi connectivity index (χ2v) is 11.2. The summed E-state index contributed by atoms with van der Waals surface area (Å²) < 4.78 is 39.4. The first-order chi connectivity index (χ1) is 13.9. The molecule has 0 fully saturated rings. The fourth-order valence-corrected chi connectivity index (χ4v) is 7.65. The number of esters is 1. The Labute approximate surface area is 177 Å². The van der Waals surface area contributed by atoms with Crippen molar-refractivity contribution in [2.75, 3.05) is 39.6 Å². The number of carbonyl (C=O) groups is 2. The number of rotatable bonds is 18. The summed E-state index contributed by atoms with van der Waals surface area (Å²) in [5.41, 5.74) is 0. The van der Waals surface area contributed by atoms with Gasteiger partial charge in [-0.3, -0.25) is 9.59 Å². The van der Waals surface area contributed by atoms with E-state index in [0.717, 1.165) is 0 Å². The van der Waals surface area contributed by atoms with Crippen LogP contribution in [0, 0.1) is 0 Å². The monoisotopic (exact) mass is 454 g/mol. The molecular formula is C18H38O9Si2. The van der Waals surface area contributed by atoms with Crippen LogP contribution in [0.3, 0.4) is 0 Å². The summed E-state index contributed by atoms with van der Waals surface area (Å²) >= 11 is 0. The van der Waals surface area contributed by atoms with Gasteiger partial charge in [-0.15, -0.1) is 0 Å². The summed E-state index contributed by atoms with van der Waals surface area (Å²) in [6, 6.07) is 0.464. The molecule has 0 aromatic rings. The third-order valence-electron chi connectivity index (χ3n) is 3.67. The first-order valence-corrected chi connectivity index (χ1v) is 14.3. The summed E-state index contributed by atoms with van der Waals surface area (Å²) in [5.74, 6) is -0.867. The number of carbonyl (C=O) groups excluding carboxylic acids is 2. The van der Waals surface area contributed by atoms with Crippen molar-refractivity contribution in [2.24, 2.45) is 0 Å². The average molecular weight is 455 g/mol. The molecule has 0 aromatic carbocycles. The number of hydrogen-bond donors (Lipinski definition) is 0. The van der Waals surface area contributed by atoms with Crippen molar-refractivity contribution >= 4 is 29.5 Å². The molecule has 29 heavy (non-hydrogen) atoms. The van der Waals surface area contributed by atoms with E-state index < -0.39 is 23.6 Å². The van der Waals surface area contributed by atoms with Crippen molar-refractivity contribution in [3.63, 3.8) is 0 Å². The number of hydrogen-bond acceptors (Lipinski definition) is 9. The van der Waals surface area contributed by atoms with Gasteiger partial charge >= 0.3 is 23.6 Å². The predicted molar refractivity (Wildman–Crippen MR) is 111 cm³/mol. The largest absolute Gasteiger partial charge is 0.568 e. The molecule has 0 rings (SSSR count). The van der Waals surface area contributed by atoms with Crippen LogP contribution in [0.4, 0.5) is 0 Å². The Hall–Kier alpha value is -0.826. The summed E-state index contributed by atoms with van der Waals surface area (Å²) in [6.07, 6.45) is 0.101. The van der Waals surface area contributed by atoms with E-state index in [0.29, 0.717) is 39.1 Å². The second kappa shape index (κ2) is 15.9. The van der Waals surface area contributed by atoms with Crippen molar-refractivity contribution in [2.45, 2.75) is 66.5 Å². The zero-order chi connectivity index (χ0) is 22.2. The summed E-state index contributed by atoms with van der Waals surface area (Å²) in [5, 5.41) is 0. The van der Waals surface area contributed by atoms with Gasteiger partial charge in [-0.25, -0.2) is 0 Å². The van der Waals surface area contributed by atoms with E-state index in [-0.39, 0.29) is 31.5 Å². The first kappa shape index (κ1) is 28.2. The molecule has 0 bridgehead atoms. The van der Waals surface area contributed by atoms with Crippen LogP contribution in [0.1, 0.15) is 54.4 Å². The minimum absolute atomic E-state index is 0.0422. The summed E-state index contributed by atoms with van der Waals surface area (Å²) in [6.45, 7) is 13.1. The quantitative estimate of drug-likeness (QED) is 0.229. The zero-order valence-electron chi connectivity index (χ0n) is 18.7. The highest BCUT2D eigenvalue weighted by Gasteiger charge is 2.46.